The normalized spacial score (nSPS) is 21.3. The summed E-state index contributed by atoms with van der Waals surface area (Å²) in [5, 5.41) is 6.09. The zero-order valence-corrected chi connectivity index (χ0v) is 24.2. The van der Waals surface area contributed by atoms with E-state index in [4.69, 9.17) is 4.74 Å². The van der Waals surface area contributed by atoms with Gasteiger partial charge < -0.3 is 30.1 Å². The third-order valence-electron chi connectivity index (χ3n) is 9.12. The van der Waals surface area contributed by atoms with Crippen molar-refractivity contribution in [3.05, 3.63) is 35.5 Å². The fourth-order valence-corrected chi connectivity index (χ4v) is 6.36. The van der Waals surface area contributed by atoms with Gasteiger partial charge in [-0.05, 0) is 68.8 Å². The molecule has 3 aliphatic heterocycles. The fraction of sp³-hybridized carbons (Fsp3) is 0.633. The van der Waals surface area contributed by atoms with Crippen LogP contribution in [0.3, 0.4) is 0 Å². The standard InChI is InChI=1S/C30H40F3N7O2/c1-38-11-13-39(14-12-38)22-5-6-25(23(17-22)21-3-4-21)36-28-35-19-24(30(31,32)33)27(37-28)34-9-2-10-40-20-29(18-26(40)41)7-15-42-16-8-29/h5-6,17,19,21H,2-4,7-16,18,20H2,1H3,(H2,34,35,36,37). The zero-order chi connectivity index (χ0) is 29.3. The number of piperazine rings is 1. The van der Waals surface area contributed by atoms with Gasteiger partial charge >= 0.3 is 6.18 Å². The second kappa shape index (κ2) is 11.9. The fourth-order valence-electron chi connectivity index (χ4n) is 6.36. The van der Waals surface area contributed by atoms with Crippen LogP contribution in [0.25, 0.3) is 0 Å². The van der Waals surface area contributed by atoms with E-state index in [-0.39, 0.29) is 29.6 Å². The van der Waals surface area contributed by atoms with Crippen LogP contribution in [0.15, 0.2) is 24.4 Å². The summed E-state index contributed by atoms with van der Waals surface area (Å²) in [6, 6.07) is 6.26. The van der Waals surface area contributed by atoms with E-state index in [1.165, 1.54) is 5.69 Å². The molecule has 42 heavy (non-hydrogen) atoms. The molecule has 9 nitrogen and oxygen atoms in total. The quantitative estimate of drug-likeness (QED) is 0.409. The number of carbonyl (C=O) groups is 1. The molecule has 1 aliphatic carbocycles. The molecule has 4 aliphatic rings. The molecular formula is C30H40F3N7O2. The van der Waals surface area contributed by atoms with Gasteiger partial charge in [0.2, 0.25) is 11.9 Å². The molecule has 4 heterocycles. The summed E-state index contributed by atoms with van der Waals surface area (Å²) in [7, 11) is 2.13. The highest BCUT2D eigenvalue weighted by Gasteiger charge is 2.43. The number of aromatic nitrogens is 2. The SMILES string of the molecule is CN1CCN(c2ccc(Nc3ncc(C(F)(F)F)c(NCCCN4CC5(CCOCC5)CC4=O)n3)c(C3CC3)c2)CC1. The molecule has 1 spiro atoms. The molecule has 2 aromatic rings. The van der Waals surface area contributed by atoms with Crippen molar-refractivity contribution in [2.75, 3.05) is 81.6 Å². The Labute approximate surface area is 244 Å². The minimum atomic E-state index is -4.59. The Kier molecular flexibility index (Phi) is 8.19. The number of nitrogens with zero attached hydrogens (tertiary/aromatic N) is 5. The summed E-state index contributed by atoms with van der Waals surface area (Å²) in [6.07, 6.45) is 1.23. The molecule has 6 rings (SSSR count). The molecule has 4 fully saturated rings. The van der Waals surface area contributed by atoms with E-state index in [1.54, 1.807) is 0 Å². The third kappa shape index (κ3) is 6.59. The Morgan fingerprint density at radius 2 is 1.88 bits per heavy atom. The van der Waals surface area contributed by atoms with E-state index in [0.717, 1.165) is 69.3 Å². The summed E-state index contributed by atoms with van der Waals surface area (Å²) in [4.78, 5) is 27.4. The number of ether oxygens (including phenoxy) is 1. The summed E-state index contributed by atoms with van der Waals surface area (Å²) >= 11 is 0. The molecule has 3 saturated heterocycles. The Balaban J connectivity index is 1.12. The van der Waals surface area contributed by atoms with Crippen LogP contribution in [-0.4, -0.2) is 91.7 Å². The topological polar surface area (TPSA) is 85.9 Å². The number of anilines is 4. The number of hydrogen-bond donors (Lipinski definition) is 2. The smallest absolute Gasteiger partial charge is 0.381 e. The summed E-state index contributed by atoms with van der Waals surface area (Å²) in [5.74, 6) is 0.415. The Morgan fingerprint density at radius 1 is 1.12 bits per heavy atom. The average molecular weight is 588 g/mol. The number of benzene rings is 1. The van der Waals surface area contributed by atoms with Crippen LogP contribution in [-0.2, 0) is 15.7 Å². The molecule has 0 radical (unpaired) electrons. The van der Waals surface area contributed by atoms with E-state index < -0.39 is 11.7 Å². The molecule has 1 amide bonds. The molecule has 1 saturated carbocycles. The van der Waals surface area contributed by atoms with Crippen LogP contribution < -0.4 is 15.5 Å². The number of carbonyl (C=O) groups excluding carboxylic acids is 1. The average Bonchev–Trinajstić information content (AvgIpc) is 3.76. The van der Waals surface area contributed by atoms with E-state index in [1.807, 2.05) is 11.0 Å². The highest BCUT2D eigenvalue weighted by atomic mass is 19.4. The molecule has 1 aromatic carbocycles. The first-order valence-electron chi connectivity index (χ1n) is 15.1. The molecule has 228 valence electrons. The number of amides is 1. The van der Waals surface area contributed by atoms with E-state index in [2.05, 4.69) is 49.6 Å². The van der Waals surface area contributed by atoms with E-state index >= 15 is 0 Å². The van der Waals surface area contributed by atoms with Gasteiger partial charge in [0, 0.05) is 88.4 Å². The monoisotopic (exact) mass is 587 g/mol. The van der Waals surface area contributed by atoms with Crippen LogP contribution >= 0.6 is 0 Å². The lowest BCUT2D eigenvalue weighted by Gasteiger charge is -2.34. The van der Waals surface area contributed by atoms with Crippen molar-refractivity contribution < 1.29 is 22.7 Å². The highest BCUT2D eigenvalue weighted by molar-refractivity contribution is 5.79. The number of alkyl halides is 3. The number of hydrogen-bond acceptors (Lipinski definition) is 8. The minimum Gasteiger partial charge on any atom is -0.381 e. The van der Waals surface area contributed by atoms with Crippen molar-refractivity contribution in [3.8, 4) is 0 Å². The largest absolute Gasteiger partial charge is 0.421 e. The lowest BCUT2D eigenvalue weighted by molar-refractivity contribution is -0.137. The molecule has 2 N–H and O–H groups in total. The van der Waals surface area contributed by atoms with Gasteiger partial charge in [-0.3, -0.25) is 4.79 Å². The lowest BCUT2D eigenvalue weighted by Crippen LogP contribution is -2.44. The number of likely N-dealkylation sites (tertiary alicyclic amines) is 1. The van der Waals surface area contributed by atoms with Gasteiger partial charge in [-0.15, -0.1) is 0 Å². The number of nitrogens with one attached hydrogen (secondary N) is 2. The third-order valence-corrected chi connectivity index (χ3v) is 9.12. The maximum Gasteiger partial charge on any atom is 0.421 e. The second-order valence-electron chi connectivity index (χ2n) is 12.3. The minimum absolute atomic E-state index is 0.0124. The van der Waals surface area contributed by atoms with Crippen molar-refractivity contribution in [2.24, 2.45) is 5.41 Å². The van der Waals surface area contributed by atoms with Crippen molar-refractivity contribution in [1.29, 1.82) is 0 Å². The maximum atomic E-state index is 13.8. The van der Waals surface area contributed by atoms with Crippen molar-refractivity contribution in [2.45, 2.75) is 50.6 Å². The second-order valence-corrected chi connectivity index (χ2v) is 12.3. The lowest BCUT2D eigenvalue weighted by atomic mass is 9.79. The van der Waals surface area contributed by atoms with Crippen molar-refractivity contribution in [3.63, 3.8) is 0 Å². The van der Waals surface area contributed by atoms with Gasteiger partial charge in [-0.2, -0.15) is 18.2 Å². The molecular weight excluding hydrogens is 547 g/mol. The van der Waals surface area contributed by atoms with Crippen LogP contribution in [0, 0.1) is 5.41 Å². The molecule has 1 aromatic heterocycles. The van der Waals surface area contributed by atoms with Gasteiger partial charge in [0.15, 0.2) is 0 Å². The Morgan fingerprint density at radius 3 is 2.60 bits per heavy atom. The first-order valence-corrected chi connectivity index (χ1v) is 15.1. The molecule has 0 atom stereocenters. The molecule has 0 bridgehead atoms. The first-order chi connectivity index (χ1) is 20.2. The van der Waals surface area contributed by atoms with Crippen molar-refractivity contribution in [1.82, 2.24) is 19.8 Å². The summed E-state index contributed by atoms with van der Waals surface area (Å²) in [5.41, 5.74) is 2.24. The summed E-state index contributed by atoms with van der Waals surface area (Å²) in [6.45, 7) is 6.75. The van der Waals surface area contributed by atoms with Gasteiger partial charge in [-0.1, -0.05) is 0 Å². The summed E-state index contributed by atoms with van der Waals surface area (Å²) < 4.78 is 46.9. The number of rotatable bonds is 9. The Bertz CT molecular complexity index is 1270. The van der Waals surface area contributed by atoms with Gasteiger partial charge in [0.25, 0.3) is 0 Å². The van der Waals surface area contributed by atoms with Crippen molar-refractivity contribution >= 4 is 29.0 Å². The number of likely N-dealkylation sites (N-methyl/N-ethyl adjacent to an activating group) is 1. The first kappa shape index (κ1) is 29.0. The van der Waals surface area contributed by atoms with Gasteiger partial charge in [0.1, 0.15) is 11.4 Å². The van der Waals surface area contributed by atoms with Crippen LogP contribution in [0.2, 0.25) is 0 Å². The zero-order valence-electron chi connectivity index (χ0n) is 24.2. The van der Waals surface area contributed by atoms with Gasteiger partial charge in [-0.25, -0.2) is 4.98 Å². The van der Waals surface area contributed by atoms with Gasteiger partial charge in [0.05, 0.1) is 0 Å². The van der Waals surface area contributed by atoms with Crippen LogP contribution in [0.1, 0.15) is 55.6 Å². The number of halogens is 3. The van der Waals surface area contributed by atoms with Crippen LogP contribution in [0.5, 0.6) is 0 Å². The van der Waals surface area contributed by atoms with E-state index in [9.17, 15) is 18.0 Å². The Hall–Kier alpha value is -3.12. The predicted molar refractivity (Wildman–Crippen MR) is 155 cm³/mol. The van der Waals surface area contributed by atoms with Crippen LogP contribution in [0.4, 0.5) is 36.3 Å². The highest BCUT2D eigenvalue weighted by Crippen LogP contribution is 2.45. The maximum absolute atomic E-state index is 13.8. The molecule has 12 heteroatoms. The molecule has 0 unspecified atom stereocenters. The predicted octanol–water partition coefficient (Wildman–Crippen LogP) is 4.70. The van der Waals surface area contributed by atoms with E-state index in [0.29, 0.717) is 45.1 Å².